The quantitative estimate of drug-likeness (QED) is 0.328. The molecule has 0 fully saturated rings. The number of hydrogen-bond donors (Lipinski definition) is 0. The van der Waals surface area contributed by atoms with E-state index in [4.69, 9.17) is 0 Å². The van der Waals surface area contributed by atoms with Crippen molar-refractivity contribution < 1.29 is 47.9 Å². The summed E-state index contributed by atoms with van der Waals surface area (Å²) in [7, 11) is -6.25. The van der Waals surface area contributed by atoms with Crippen LogP contribution in [0.15, 0.2) is 16.4 Å². The average molecular weight is 406 g/mol. The van der Waals surface area contributed by atoms with Crippen LogP contribution < -0.4 is 0 Å². The Morgan fingerprint density at radius 2 is 0.808 bits per heavy atom. The second kappa shape index (κ2) is 6.34. The molecular formula is C14H3F9O2S. The van der Waals surface area contributed by atoms with Crippen LogP contribution in [0.3, 0.4) is 0 Å². The highest BCUT2D eigenvalue weighted by atomic mass is 32.2. The highest BCUT2D eigenvalue weighted by Crippen LogP contribution is 2.36. The zero-order chi connectivity index (χ0) is 20.1. The molecule has 0 radical (unpaired) electrons. The van der Waals surface area contributed by atoms with Crippen molar-refractivity contribution >= 4 is 15.9 Å². The summed E-state index contributed by atoms with van der Waals surface area (Å²) in [4.78, 5) is -5.24. The van der Waals surface area contributed by atoms with Crippen molar-refractivity contribution in [2.24, 2.45) is 0 Å². The van der Waals surface area contributed by atoms with E-state index < -0.39 is 77.5 Å². The van der Waals surface area contributed by atoms with E-state index in [0.29, 0.717) is 0 Å². The molecule has 26 heavy (non-hydrogen) atoms. The smallest absolute Gasteiger partial charge is 0.218 e. The van der Waals surface area contributed by atoms with Crippen LogP contribution in [0.1, 0.15) is 5.56 Å². The van der Waals surface area contributed by atoms with E-state index >= 15 is 0 Å². The van der Waals surface area contributed by atoms with Gasteiger partial charge in [0, 0.05) is 0 Å². The Morgan fingerprint density at radius 1 is 0.538 bits per heavy atom. The summed E-state index contributed by atoms with van der Waals surface area (Å²) < 4.78 is 146. The molecule has 0 atom stereocenters. The Balaban J connectivity index is 3.03. The predicted octanol–water partition coefficient (Wildman–Crippen LogP) is 4.41. The van der Waals surface area contributed by atoms with E-state index in [1.165, 1.54) is 0 Å². The second-order valence-electron chi connectivity index (χ2n) is 4.61. The van der Waals surface area contributed by atoms with Crippen LogP contribution in [0.25, 0.3) is 6.08 Å². The second-order valence-corrected chi connectivity index (χ2v) is 6.43. The molecule has 0 bridgehead atoms. The SMILES string of the molecule is C=Cc1c(F)c(F)c(S(=O)(=O)c2c(F)c(F)c(F)c(F)c2F)c(F)c1F. The van der Waals surface area contributed by atoms with Gasteiger partial charge in [-0.3, -0.25) is 0 Å². The molecule has 2 nitrogen and oxygen atoms in total. The molecule has 12 heteroatoms. The molecule has 0 aliphatic heterocycles. The van der Waals surface area contributed by atoms with Gasteiger partial charge < -0.3 is 0 Å². The Kier molecular flexibility index (Phi) is 4.83. The van der Waals surface area contributed by atoms with Crippen LogP contribution in [-0.2, 0) is 9.84 Å². The van der Waals surface area contributed by atoms with Crippen molar-refractivity contribution in [1.82, 2.24) is 0 Å². The first-order chi connectivity index (χ1) is 11.9. The number of sulfone groups is 1. The lowest BCUT2D eigenvalue weighted by Crippen LogP contribution is -2.18. The normalized spacial score (nSPS) is 11.7. The third-order valence-corrected chi connectivity index (χ3v) is 4.96. The van der Waals surface area contributed by atoms with Crippen LogP contribution in [0, 0.1) is 52.4 Å². The van der Waals surface area contributed by atoms with Gasteiger partial charge in [-0.2, -0.15) is 0 Å². The largest absolute Gasteiger partial charge is 0.218 e. The zero-order valence-corrected chi connectivity index (χ0v) is 12.7. The molecule has 0 amide bonds. The van der Waals surface area contributed by atoms with E-state index in [-0.39, 0.29) is 6.08 Å². The summed E-state index contributed by atoms with van der Waals surface area (Å²) in [6.07, 6.45) is 0.269. The van der Waals surface area contributed by atoms with Crippen molar-refractivity contribution in [3.05, 3.63) is 64.5 Å². The molecule has 0 unspecified atom stereocenters. The lowest BCUT2D eigenvalue weighted by Gasteiger charge is -2.13. The van der Waals surface area contributed by atoms with Crippen LogP contribution in [0.4, 0.5) is 39.5 Å². The van der Waals surface area contributed by atoms with Gasteiger partial charge >= 0.3 is 0 Å². The molecular weight excluding hydrogens is 403 g/mol. The van der Waals surface area contributed by atoms with Gasteiger partial charge in [-0.25, -0.2) is 47.9 Å². The van der Waals surface area contributed by atoms with Gasteiger partial charge in [0.15, 0.2) is 46.5 Å². The molecule has 2 aromatic carbocycles. The van der Waals surface area contributed by atoms with Crippen LogP contribution in [0.2, 0.25) is 0 Å². The van der Waals surface area contributed by atoms with Crippen molar-refractivity contribution in [2.45, 2.75) is 9.79 Å². The van der Waals surface area contributed by atoms with Gasteiger partial charge in [0.05, 0.1) is 5.56 Å². The molecule has 0 aromatic heterocycles. The van der Waals surface area contributed by atoms with Crippen molar-refractivity contribution in [3.63, 3.8) is 0 Å². The first-order valence-corrected chi connectivity index (χ1v) is 7.62. The van der Waals surface area contributed by atoms with Crippen molar-refractivity contribution in [3.8, 4) is 0 Å². The maximum absolute atomic E-state index is 13.9. The minimum atomic E-state index is -6.25. The lowest BCUT2D eigenvalue weighted by atomic mass is 10.2. The maximum atomic E-state index is 13.9. The van der Waals surface area contributed by atoms with E-state index in [9.17, 15) is 47.9 Å². The third-order valence-electron chi connectivity index (χ3n) is 3.17. The topological polar surface area (TPSA) is 34.1 Å². The molecule has 0 saturated carbocycles. The lowest BCUT2D eigenvalue weighted by molar-refractivity contribution is 0.356. The van der Waals surface area contributed by atoms with Crippen molar-refractivity contribution in [1.29, 1.82) is 0 Å². The molecule has 0 saturated heterocycles. The summed E-state index contributed by atoms with van der Waals surface area (Å²) in [5.74, 6) is -24.0. The predicted molar refractivity (Wildman–Crippen MR) is 68.0 cm³/mol. The number of rotatable bonds is 3. The van der Waals surface area contributed by atoms with E-state index in [1.807, 2.05) is 0 Å². The van der Waals surface area contributed by atoms with E-state index in [1.54, 1.807) is 0 Å². The Hall–Kier alpha value is -2.50. The first kappa shape index (κ1) is 19.8. The Morgan fingerprint density at radius 3 is 1.12 bits per heavy atom. The van der Waals surface area contributed by atoms with Crippen LogP contribution in [0.5, 0.6) is 0 Å². The summed E-state index contributed by atoms with van der Waals surface area (Å²) in [5, 5.41) is 0. The van der Waals surface area contributed by atoms with Gasteiger partial charge in [-0.05, 0) is 0 Å². The van der Waals surface area contributed by atoms with Crippen molar-refractivity contribution in [2.75, 3.05) is 0 Å². The summed E-state index contributed by atoms with van der Waals surface area (Å²) >= 11 is 0. The molecule has 0 aliphatic rings. The standard InChI is InChI=1S/C14H3F9O2S/c1-2-3-4(15)9(20)13(10(21)5(3)16)26(24,25)14-11(22)7(18)6(17)8(19)12(14)23/h2H,1H2. The number of hydrogen-bond acceptors (Lipinski definition) is 2. The summed E-state index contributed by atoms with van der Waals surface area (Å²) in [5.41, 5.74) is -1.45. The first-order valence-electron chi connectivity index (χ1n) is 6.14. The molecule has 0 N–H and O–H groups in total. The minimum Gasteiger partial charge on any atom is -0.218 e. The molecule has 0 spiro atoms. The minimum absolute atomic E-state index is 0.269. The fourth-order valence-corrected chi connectivity index (χ4v) is 3.47. The molecule has 0 heterocycles. The average Bonchev–Trinajstić information content (AvgIpc) is 2.57. The van der Waals surface area contributed by atoms with Gasteiger partial charge in [0.25, 0.3) is 0 Å². The fraction of sp³-hybridized carbons (Fsp3) is 0. The zero-order valence-electron chi connectivity index (χ0n) is 11.9. The maximum Gasteiger partial charge on any atom is 0.218 e. The summed E-state index contributed by atoms with van der Waals surface area (Å²) in [6, 6.07) is 0. The summed E-state index contributed by atoms with van der Waals surface area (Å²) in [6.45, 7) is 2.82. The highest BCUT2D eigenvalue weighted by molar-refractivity contribution is 7.91. The van der Waals surface area contributed by atoms with Gasteiger partial charge in [0.2, 0.25) is 15.7 Å². The molecule has 140 valence electrons. The number of benzene rings is 2. The monoisotopic (exact) mass is 406 g/mol. The Labute approximate surface area is 139 Å². The van der Waals surface area contributed by atoms with Gasteiger partial charge in [0.1, 0.15) is 9.79 Å². The van der Waals surface area contributed by atoms with E-state index in [0.717, 1.165) is 0 Å². The molecule has 0 aliphatic carbocycles. The molecule has 2 rings (SSSR count). The van der Waals surface area contributed by atoms with Crippen LogP contribution in [-0.4, -0.2) is 8.42 Å². The van der Waals surface area contributed by atoms with E-state index in [2.05, 4.69) is 6.58 Å². The Bertz CT molecular complexity index is 1000. The van der Waals surface area contributed by atoms with Gasteiger partial charge in [-0.15, -0.1) is 0 Å². The third kappa shape index (κ3) is 2.55. The number of halogens is 9. The van der Waals surface area contributed by atoms with Gasteiger partial charge in [-0.1, -0.05) is 12.7 Å². The molecule has 2 aromatic rings. The highest BCUT2D eigenvalue weighted by Gasteiger charge is 2.40. The fourth-order valence-electron chi connectivity index (χ4n) is 1.97. The van der Waals surface area contributed by atoms with Crippen LogP contribution >= 0.6 is 0 Å².